The lowest BCUT2D eigenvalue weighted by molar-refractivity contribution is -0.384. The van der Waals surface area contributed by atoms with Gasteiger partial charge in [-0.25, -0.2) is 4.98 Å². The van der Waals surface area contributed by atoms with Crippen molar-refractivity contribution < 1.29 is 9.72 Å². The van der Waals surface area contributed by atoms with Gasteiger partial charge in [0.2, 0.25) is 0 Å². The predicted octanol–water partition coefficient (Wildman–Crippen LogP) is 3.55. The monoisotopic (exact) mass is 356 g/mol. The lowest BCUT2D eigenvalue weighted by Gasteiger charge is -2.31. The summed E-state index contributed by atoms with van der Waals surface area (Å²) in [6.45, 7) is 1.25. The maximum absolute atomic E-state index is 12.6. The molecular formula is C17H16N4O3S. The number of aromatic nitrogens is 2. The first-order valence-corrected chi connectivity index (χ1v) is 8.91. The number of fused-ring (bicyclic) bond motifs is 1. The van der Waals surface area contributed by atoms with E-state index in [0.29, 0.717) is 13.1 Å². The number of thiazole rings is 1. The van der Waals surface area contributed by atoms with E-state index in [2.05, 4.69) is 11.1 Å². The third-order valence-electron chi connectivity index (χ3n) is 4.48. The third-order valence-corrected chi connectivity index (χ3v) is 5.68. The number of amides is 1. The van der Waals surface area contributed by atoms with Crippen molar-refractivity contribution in [1.82, 2.24) is 14.9 Å². The molecule has 4 rings (SSSR count). The first-order valence-electron chi connectivity index (χ1n) is 8.09. The number of piperidine rings is 1. The van der Waals surface area contributed by atoms with Crippen molar-refractivity contribution in [2.75, 3.05) is 13.1 Å². The Morgan fingerprint density at radius 2 is 2.24 bits per heavy atom. The zero-order valence-electron chi connectivity index (χ0n) is 13.3. The summed E-state index contributed by atoms with van der Waals surface area (Å²) in [5, 5.41) is 11.8. The molecule has 3 heterocycles. The van der Waals surface area contributed by atoms with Crippen LogP contribution in [0, 0.1) is 10.1 Å². The van der Waals surface area contributed by atoms with Gasteiger partial charge in [-0.3, -0.25) is 14.9 Å². The van der Waals surface area contributed by atoms with Gasteiger partial charge in [-0.05, 0) is 25.0 Å². The average Bonchev–Trinajstić information content (AvgIpc) is 3.28. The van der Waals surface area contributed by atoms with E-state index in [4.69, 9.17) is 4.98 Å². The van der Waals surface area contributed by atoms with Crippen molar-refractivity contribution in [2.45, 2.75) is 18.8 Å². The summed E-state index contributed by atoms with van der Waals surface area (Å²) < 4.78 is 1.15. The topological polar surface area (TPSA) is 92.1 Å². The maximum Gasteiger partial charge on any atom is 0.287 e. The Morgan fingerprint density at radius 3 is 3.00 bits per heavy atom. The minimum absolute atomic E-state index is 0.0944. The molecule has 0 bridgehead atoms. The second-order valence-corrected chi connectivity index (χ2v) is 7.20. The van der Waals surface area contributed by atoms with Gasteiger partial charge in [0.1, 0.15) is 5.69 Å². The van der Waals surface area contributed by atoms with Crippen LogP contribution in [0.15, 0.2) is 36.5 Å². The van der Waals surface area contributed by atoms with E-state index in [1.807, 2.05) is 18.2 Å². The fourth-order valence-electron chi connectivity index (χ4n) is 3.21. The molecule has 7 nitrogen and oxygen atoms in total. The first-order chi connectivity index (χ1) is 12.1. The van der Waals surface area contributed by atoms with Crippen molar-refractivity contribution in [1.29, 1.82) is 0 Å². The van der Waals surface area contributed by atoms with Crippen LogP contribution in [0.25, 0.3) is 10.2 Å². The summed E-state index contributed by atoms with van der Waals surface area (Å²) in [4.78, 5) is 32.1. The molecule has 1 N–H and O–H groups in total. The Bertz CT molecular complexity index is 915. The molecule has 1 amide bonds. The molecule has 1 atom stereocenters. The predicted molar refractivity (Wildman–Crippen MR) is 94.9 cm³/mol. The van der Waals surface area contributed by atoms with Crippen molar-refractivity contribution in [3.05, 3.63) is 57.3 Å². The van der Waals surface area contributed by atoms with Crippen LogP contribution in [0.4, 0.5) is 5.69 Å². The number of hydrogen-bond donors (Lipinski definition) is 1. The van der Waals surface area contributed by atoms with E-state index in [-0.39, 0.29) is 23.2 Å². The van der Waals surface area contributed by atoms with Gasteiger partial charge in [-0.1, -0.05) is 12.1 Å². The fraction of sp³-hybridized carbons (Fsp3) is 0.294. The molecule has 1 fully saturated rings. The second-order valence-electron chi connectivity index (χ2n) is 6.14. The molecule has 3 aromatic rings. The Labute approximate surface area is 147 Å². The number of rotatable bonds is 3. The molecule has 25 heavy (non-hydrogen) atoms. The molecule has 0 radical (unpaired) electrons. The van der Waals surface area contributed by atoms with Crippen LogP contribution < -0.4 is 0 Å². The second kappa shape index (κ2) is 6.29. The number of nitrogens with one attached hydrogen (secondary N) is 1. The van der Waals surface area contributed by atoms with Gasteiger partial charge in [0.05, 0.1) is 26.3 Å². The summed E-state index contributed by atoms with van der Waals surface area (Å²) in [5.74, 6) is 0.0129. The molecule has 0 spiro atoms. The number of hydrogen-bond acceptors (Lipinski definition) is 5. The highest BCUT2D eigenvalue weighted by Crippen LogP contribution is 2.33. The van der Waals surface area contributed by atoms with Gasteiger partial charge < -0.3 is 9.88 Å². The number of aromatic amines is 1. The van der Waals surface area contributed by atoms with Crippen LogP contribution >= 0.6 is 11.3 Å². The lowest BCUT2D eigenvalue weighted by atomic mass is 9.98. The van der Waals surface area contributed by atoms with Gasteiger partial charge in [0, 0.05) is 25.1 Å². The highest BCUT2D eigenvalue weighted by atomic mass is 32.1. The Hall–Kier alpha value is -2.74. The van der Waals surface area contributed by atoms with Crippen LogP contribution in [0.5, 0.6) is 0 Å². The van der Waals surface area contributed by atoms with Gasteiger partial charge in [-0.15, -0.1) is 11.3 Å². The van der Waals surface area contributed by atoms with E-state index in [9.17, 15) is 14.9 Å². The number of para-hydroxylation sites is 1. The minimum Gasteiger partial charge on any atom is -0.351 e. The summed E-state index contributed by atoms with van der Waals surface area (Å²) >= 11 is 1.68. The fourth-order valence-corrected chi connectivity index (χ4v) is 4.30. The molecule has 1 aliphatic heterocycles. The molecule has 0 aliphatic carbocycles. The summed E-state index contributed by atoms with van der Waals surface area (Å²) in [6, 6.07) is 9.32. The van der Waals surface area contributed by atoms with Gasteiger partial charge in [-0.2, -0.15) is 0 Å². The highest BCUT2D eigenvalue weighted by molar-refractivity contribution is 7.18. The summed E-state index contributed by atoms with van der Waals surface area (Å²) in [5.41, 5.74) is 1.16. The Morgan fingerprint density at radius 1 is 1.40 bits per heavy atom. The number of benzene rings is 1. The molecule has 2 aromatic heterocycles. The number of carbonyl (C=O) groups is 1. The molecular weight excluding hydrogens is 340 g/mol. The number of likely N-dealkylation sites (tertiary alicyclic amines) is 1. The maximum atomic E-state index is 12.6. The molecule has 128 valence electrons. The minimum atomic E-state index is -0.507. The largest absolute Gasteiger partial charge is 0.351 e. The van der Waals surface area contributed by atoms with E-state index in [1.54, 1.807) is 16.2 Å². The number of carbonyl (C=O) groups excluding carboxylic acids is 1. The van der Waals surface area contributed by atoms with E-state index < -0.39 is 4.92 Å². The third kappa shape index (κ3) is 3.00. The highest BCUT2D eigenvalue weighted by Gasteiger charge is 2.28. The smallest absolute Gasteiger partial charge is 0.287 e. The average molecular weight is 356 g/mol. The lowest BCUT2D eigenvalue weighted by Crippen LogP contribution is -2.39. The van der Waals surface area contributed by atoms with Crippen molar-refractivity contribution >= 4 is 33.1 Å². The van der Waals surface area contributed by atoms with Crippen LogP contribution in [-0.2, 0) is 0 Å². The SMILES string of the molecule is O=C(c1cc([N+](=O)[O-])c[nH]1)N1CCC[C@@H](c2nc3ccccc3s2)C1. The molecule has 1 saturated heterocycles. The number of nitro groups is 1. The summed E-state index contributed by atoms with van der Waals surface area (Å²) in [7, 11) is 0. The van der Waals surface area contributed by atoms with E-state index in [1.165, 1.54) is 12.3 Å². The van der Waals surface area contributed by atoms with Crippen molar-refractivity contribution in [3.63, 3.8) is 0 Å². The van der Waals surface area contributed by atoms with E-state index >= 15 is 0 Å². The van der Waals surface area contributed by atoms with Crippen molar-refractivity contribution in [2.24, 2.45) is 0 Å². The molecule has 1 aromatic carbocycles. The molecule has 0 saturated carbocycles. The number of H-pyrrole nitrogens is 1. The zero-order valence-corrected chi connectivity index (χ0v) is 14.2. The standard InChI is InChI=1S/C17H16N4O3S/c22-17(14-8-12(9-18-14)21(23)24)20-7-3-4-11(10-20)16-19-13-5-1-2-6-15(13)25-16/h1-2,5-6,8-9,11,18H,3-4,7,10H2/t11-/m1/s1. The molecule has 0 unspecified atom stereocenters. The quantitative estimate of drug-likeness (QED) is 0.574. The van der Waals surface area contributed by atoms with Crippen LogP contribution in [0.1, 0.15) is 34.3 Å². The van der Waals surface area contributed by atoms with E-state index in [0.717, 1.165) is 28.1 Å². The zero-order chi connectivity index (χ0) is 17.4. The van der Waals surface area contributed by atoms with Crippen molar-refractivity contribution in [3.8, 4) is 0 Å². The number of nitrogens with zero attached hydrogens (tertiary/aromatic N) is 3. The van der Waals surface area contributed by atoms with Gasteiger partial charge in [0.25, 0.3) is 11.6 Å². The Balaban J connectivity index is 1.53. The van der Waals surface area contributed by atoms with Gasteiger partial charge >= 0.3 is 0 Å². The Kier molecular flexibility index (Phi) is 3.96. The normalized spacial score (nSPS) is 17.8. The molecule has 1 aliphatic rings. The first kappa shape index (κ1) is 15.8. The van der Waals surface area contributed by atoms with Gasteiger partial charge in [0.15, 0.2) is 0 Å². The molecule has 8 heteroatoms. The van der Waals surface area contributed by atoms with Crippen LogP contribution in [0.2, 0.25) is 0 Å². The van der Waals surface area contributed by atoms with Crippen LogP contribution in [-0.4, -0.2) is 38.8 Å². The van der Waals surface area contributed by atoms with Crippen LogP contribution in [0.3, 0.4) is 0 Å². The summed E-state index contributed by atoms with van der Waals surface area (Å²) in [6.07, 6.45) is 3.14.